The molecule has 1 aromatic rings. The smallest absolute Gasteiger partial charge is 0.312 e. The second-order valence-electron chi connectivity index (χ2n) is 11.7. The summed E-state index contributed by atoms with van der Waals surface area (Å²) < 4.78 is 0. The van der Waals surface area contributed by atoms with Crippen molar-refractivity contribution in [3.8, 4) is 0 Å². The molecule has 7 amide bonds. The molecule has 0 unspecified atom stereocenters. The Kier molecular flexibility index (Phi) is 28.0. The number of hydrogen-bond acceptors (Lipinski definition) is 6. The van der Waals surface area contributed by atoms with E-state index in [0.29, 0.717) is 32.3 Å². The van der Waals surface area contributed by atoms with E-state index in [1.54, 1.807) is 34.1 Å². The van der Waals surface area contributed by atoms with Crippen LogP contribution in [0.2, 0.25) is 0 Å². The van der Waals surface area contributed by atoms with Gasteiger partial charge in [-0.05, 0) is 57.2 Å². The first kappa shape index (κ1) is 48.5. The van der Waals surface area contributed by atoms with Gasteiger partial charge in [-0.3, -0.25) is 28.9 Å². The summed E-state index contributed by atoms with van der Waals surface area (Å²) in [6, 6.07) is 7.22. The van der Waals surface area contributed by atoms with Gasteiger partial charge in [-0.25, -0.2) is 4.79 Å². The number of benzene rings is 1. The minimum atomic E-state index is -0.897. The van der Waals surface area contributed by atoms with Crippen LogP contribution in [-0.4, -0.2) is 66.1 Å². The number of hydrogen-bond donors (Lipinski definition) is 5. The molecule has 1 heterocycles. The minimum Gasteiger partial charge on any atom is -0.355 e. The number of amides is 7. The molecule has 0 saturated carbocycles. The second kappa shape index (κ2) is 27.1. The zero-order chi connectivity index (χ0) is 35.8. The molecule has 47 heavy (non-hydrogen) atoms. The van der Waals surface area contributed by atoms with Crippen LogP contribution in [0, 0.1) is 11.8 Å². The number of aryl methyl sites for hydroxylation is 1. The van der Waals surface area contributed by atoms with Gasteiger partial charge in [-0.2, -0.15) is 0 Å². The Morgan fingerprint density at radius 3 is 1.83 bits per heavy atom. The summed E-state index contributed by atoms with van der Waals surface area (Å²) in [6.07, 6.45) is 6.63. The molecular formula is C34H59N6O6Y-. The second-order valence-corrected chi connectivity index (χ2v) is 11.7. The van der Waals surface area contributed by atoms with E-state index in [2.05, 4.69) is 42.0 Å². The number of primary amides is 1. The van der Waals surface area contributed by atoms with Crippen LogP contribution in [-0.2, 0) is 63.1 Å². The molecule has 13 heteroatoms. The first-order valence-electron chi connectivity index (χ1n) is 16.2. The molecule has 1 aliphatic heterocycles. The molecule has 12 nitrogen and oxygen atoms in total. The van der Waals surface area contributed by atoms with E-state index in [1.165, 1.54) is 16.9 Å². The summed E-state index contributed by atoms with van der Waals surface area (Å²) in [5.74, 6) is -1.19. The molecule has 1 radical (unpaired) electrons. The Labute approximate surface area is 307 Å². The van der Waals surface area contributed by atoms with E-state index in [1.807, 2.05) is 38.1 Å². The quantitative estimate of drug-likeness (QED) is 0.0814. The molecule has 1 fully saturated rings. The monoisotopic (exact) mass is 736 g/mol. The number of nitrogens with two attached hydrogens (primary N) is 1. The summed E-state index contributed by atoms with van der Waals surface area (Å²) in [6.45, 7) is 18.0. The topological polar surface area (TPSA) is 180 Å². The van der Waals surface area contributed by atoms with Crippen molar-refractivity contribution < 1.29 is 61.5 Å². The molecule has 0 aromatic heterocycles. The van der Waals surface area contributed by atoms with Crippen LogP contribution in [0.15, 0.2) is 24.3 Å². The maximum absolute atomic E-state index is 12.6. The van der Waals surface area contributed by atoms with Gasteiger partial charge in [0.25, 0.3) is 0 Å². The average molecular weight is 737 g/mol. The van der Waals surface area contributed by atoms with Crippen molar-refractivity contribution in [1.29, 1.82) is 0 Å². The van der Waals surface area contributed by atoms with Crippen LogP contribution >= 0.6 is 0 Å². The van der Waals surface area contributed by atoms with Crippen LogP contribution in [0.25, 0.3) is 0 Å². The van der Waals surface area contributed by atoms with Gasteiger partial charge in [-0.1, -0.05) is 79.9 Å². The Morgan fingerprint density at radius 1 is 0.894 bits per heavy atom. The number of nitrogens with zero attached hydrogens (tertiary/aromatic N) is 1. The van der Waals surface area contributed by atoms with Gasteiger partial charge in [-0.15, -0.1) is 0 Å². The molecule has 1 aromatic carbocycles. The van der Waals surface area contributed by atoms with Crippen LogP contribution in [0.4, 0.5) is 10.5 Å². The van der Waals surface area contributed by atoms with Gasteiger partial charge < -0.3 is 33.4 Å². The normalized spacial score (nSPS) is 12.2. The fourth-order valence-corrected chi connectivity index (χ4v) is 4.61. The first-order chi connectivity index (χ1) is 21.6. The van der Waals surface area contributed by atoms with Crippen molar-refractivity contribution in [1.82, 2.24) is 20.9 Å². The summed E-state index contributed by atoms with van der Waals surface area (Å²) in [4.78, 5) is 70.8. The SMILES string of the molecule is CC.CC(C)(CC(C)(C)N1C(=O)C[CH-]CC1=O)C(=O)NCC(=O)NCCCCNC(N)=O.CCC.CCc1ccc(NC=O)cc1.[Y]. The maximum atomic E-state index is 12.6. The van der Waals surface area contributed by atoms with Gasteiger partial charge >= 0.3 is 6.03 Å². The number of piperidine rings is 1. The van der Waals surface area contributed by atoms with Crippen LogP contribution in [0.5, 0.6) is 0 Å². The summed E-state index contributed by atoms with van der Waals surface area (Å²) >= 11 is 0. The van der Waals surface area contributed by atoms with Gasteiger partial charge in [0, 0.05) is 62.4 Å². The van der Waals surface area contributed by atoms with Crippen LogP contribution in [0.3, 0.4) is 0 Å². The standard InChI is InChI=1S/C20H34N5O5.C9H11NO.C3H8.C2H6.Y/c1-19(2,13-20(3,4)25-15(27)8-7-9-16(25)28)17(29)24-12-14(26)22-10-5-6-11-23-18(21)30;1-2-8-3-5-9(6-4-8)10-7-11;1-3-2;1-2;/h7H,5-6,8-13H2,1-4H3,(H,22,26)(H,24,29)(H3,21,23,30);3-7H,2H2,1H3,(H,10,11);3H2,1-2H3;1-2H3;/q-1;;;;. The van der Waals surface area contributed by atoms with Crippen molar-refractivity contribution in [2.75, 3.05) is 25.0 Å². The van der Waals surface area contributed by atoms with E-state index in [4.69, 9.17) is 5.73 Å². The van der Waals surface area contributed by atoms with Crippen LogP contribution < -0.4 is 27.0 Å². The number of urea groups is 1. The van der Waals surface area contributed by atoms with Crippen molar-refractivity contribution in [3.63, 3.8) is 0 Å². The molecule has 1 saturated heterocycles. The molecule has 0 aliphatic carbocycles. The number of rotatable bonds is 14. The molecule has 6 N–H and O–H groups in total. The van der Waals surface area contributed by atoms with Gasteiger partial charge in [0.15, 0.2) is 11.8 Å². The zero-order valence-corrected chi connectivity index (χ0v) is 32.9. The van der Waals surface area contributed by atoms with Crippen molar-refractivity contribution in [2.45, 2.75) is 113 Å². The summed E-state index contributed by atoms with van der Waals surface area (Å²) in [5, 5.41) is 10.3. The number of carbonyl (C=O) groups is 6. The Hall–Kier alpha value is -2.86. The number of nitrogens with one attached hydrogen (secondary N) is 4. The van der Waals surface area contributed by atoms with E-state index in [-0.39, 0.29) is 82.1 Å². The summed E-state index contributed by atoms with van der Waals surface area (Å²) in [5.41, 5.74) is 5.35. The first-order valence-corrected chi connectivity index (χ1v) is 16.2. The number of anilines is 1. The van der Waals surface area contributed by atoms with Crippen molar-refractivity contribution in [2.24, 2.45) is 11.1 Å². The van der Waals surface area contributed by atoms with Gasteiger partial charge in [0.2, 0.25) is 18.2 Å². The minimum absolute atomic E-state index is 0. The van der Waals surface area contributed by atoms with E-state index >= 15 is 0 Å². The number of likely N-dealkylation sites (tertiary alicyclic amines) is 1. The molecule has 0 atom stereocenters. The maximum Gasteiger partial charge on any atom is 0.312 e. The summed E-state index contributed by atoms with van der Waals surface area (Å²) in [7, 11) is 0. The molecule has 0 bridgehead atoms. The molecule has 2 rings (SSSR count). The van der Waals surface area contributed by atoms with Gasteiger partial charge in [0.05, 0.1) is 6.54 Å². The number of carbonyl (C=O) groups excluding carboxylic acids is 6. The third-order valence-electron chi connectivity index (χ3n) is 6.45. The Bertz CT molecular complexity index is 1060. The predicted octanol–water partition coefficient (Wildman–Crippen LogP) is 4.47. The third kappa shape index (κ3) is 21.6. The Morgan fingerprint density at radius 2 is 1.38 bits per heavy atom. The number of unbranched alkanes of at least 4 members (excludes halogenated alkanes) is 1. The Balaban J connectivity index is -0.000000941. The largest absolute Gasteiger partial charge is 0.355 e. The van der Waals surface area contributed by atoms with Crippen molar-refractivity contribution >= 4 is 41.8 Å². The fourth-order valence-electron chi connectivity index (χ4n) is 4.61. The fraction of sp³-hybridized carbons (Fsp3) is 0.618. The van der Waals surface area contributed by atoms with Crippen LogP contribution in [0.1, 0.15) is 106 Å². The van der Waals surface area contributed by atoms with E-state index in [0.717, 1.165) is 12.1 Å². The molecule has 265 valence electrons. The van der Waals surface area contributed by atoms with Gasteiger partial charge in [0.1, 0.15) is 0 Å². The average Bonchev–Trinajstić information content (AvgIpc) is 2.99. The predicted molar refractivity (Wildman–Crippen MR) is 184 cm³/mol. The molecular weight excluding hydrogens is 677 g/mol. The zero-order valence-electron chi connectivity index (χ0n) is 30.1. The van der Waals surface area contributed by atoms with E-state index < -0.39 is 17.0 Å². The third-order valence-corrected chi connectivity index (χ3v) is 6.45. The molecule has 0 spiro atoms. The number of imide groups is 1. The van der Waals surface area contributed by atoms with E-state index in [9.17, 15) is 28.8 Å². The van der Waals surface area contributed by atoms with Crippen molar-refractivity contribution in [3.05, 3.63) is 36.2 Å². The molecule has 1 aliphatic rings.